The average molecular weight is 345 g/mol. The molecule has 0 amide bonds. The van der Waals surface area contributed by atoms with Crippen molar-refractivity contribution in [1.29, 1.82) is 0 Å². The molecule has 0 saturated carbocycles. The number of hydrogen-bond donors (Lipinski definition) is 2. The molecule has 0 radical (unpaired) electrons. The fraction of sp³-hybridized carbons (Fsp3) is 0.421. The van der Waals surface area contributed by atoms with Crippen molar-refractivity contribution in [1.82, 2.24) is 15.5 Å². The Kier molecular flexibility index (Phi) is 7.28. The van der Waals surface area contributed by atoms with Gasteiger partial charge in [0.05, 0.1) is 6.04 Å². The Morgan fingerprint density at radius 1 is 1.12 bits per heavy atom. The Morgan fingerprint density at radius 2 is 1.88 bits per heavy atom. The smallest absolute Gasteiger partial charge is 0.191 e. The van der Waals surface area contributed by atoms with E-state index < -0.39 is 0 Å². The summed E-state index contributed by atoms with van der Waals surface area (Å²) in [7, 11) is 6.03. The van der Waals surface area contributed by atoms with Crippen molar-refractivity contribution in [3.05, 3.63) is 57.8 Å². The summed E-state index contributed by atoms with van der Waals surface area (Å²) in [6.07, 6.45) is 1.07. The Labute approximate surface area is 149 Å². The highest BCUT2D eigenvalue weighted by atomic mass is 32.1. The highest BCUT2D eigenvalue weighted by molar-refractivity contribution is 7.07. The molecule has 130 valence electrons. The van der Waals surface area contributed by atoms with Gasteiger partial charge in [0.15, 0.2) is 5.96 Å². The number of nitrogens with one attached hydrogen (secondary N) is 2. The average Bonchev–Trinajstić information content (AvgIpc) is 3.11. The molecule has 1 atom stereocenters. The first kappa shape index (κ1) is 18.5. The molecule has 1 unspecified atom stereocenters. The maximum atomic E-state index is 4.32. The normalized spacial score (nSPS) is 13.1. The van der Waals surface area contributed by atoms with E-state index in [9.17, 15) is 0 Å². The van der Waals surface area contributed by atoms with Crippen LogP contribution in [0.25, 0.3) is 0 Å². The predicted molar refractivity (Wildman–Crippen MR) is 105 cm³/mol. The molecule has 1 aromatic carbocycles. The third kappa shape index (κ3) is 5.35. The lowest BCUT2D eigenvalue weighted by molar-refractivity contribution is 0.298. The van der Waals surface area contributed by atoms with Crippen LogP contribution < -0.4 is 10.6 Å². The van der Waals surface area contributed by atoms with E-state index in [1.165, 1.54) is 16.7 Å². The Hall–Kier alpha value is -1.85. The van der Waals surface area contributed by atoms with Crippen LogP contribution >= 0.6 is 11.3 Å². The van der Waals surface area contributed by atoms with Crippen molar-refractivity contribution in [3.63, 3.8) is 0 Å². The summed E-state index contributed by atoms with van der Waals surface area (Å²) in [6, 6.07) is 11.3. The molecule has 1 aromatic heterocycles. The lowest BCUT2D eigenvalue weighted by Gasteiger charge is -2.26. The minimum absolute atomic E-state index is 0.301. The number of guanidine groups is 1. The van der Waals surface area contributed by atoms with Crippen LogP contribution in [0.3, 0.4) is 0 Å². The maximum Gasteiger partial charge on any atom is 0.191 e. The molecular weight excluding hydrogens is 316 g/mol. The van der Waals surface area contributed by atoms with Crippen LogP contribution in [0.15, 0.2) is 46.1 Å². The van der Waals surface area contributed by atoms with Crippen LogP contribution in [-0.2, 0) is 13.0 Å². The van der Waals surface area contributed by atoms with Gasteiger partial charge in [0.1, 0.15) is 0 Å². The Morgan fingerprint density at radius 3 is 2.42 bits per heavy atom. The predicted octanol–water partition coefficient (Wildman–Crippen LogP) is 3.28. The molecule has 4 nitrogen and oxygen atoms in total. The molecule has 0 aliphatic heterocycles. The van der Waals surface area contributed by atoms with Crippen LogP contribution in [0.5, 0.6) is 0 Å². The molecule has 0 aliphatic rings. The molecule has 0 saturated heterocycles. The molecule has 5 heteroatoms. The first-order valence-electron chi connectivity index (χ1n) is 8.35. The van der Waals surface area contributed by atoms with Gasteiger partial charge in [0.2, 0.25) is 0 Å². The zero-order valence-electron chi connectivity index (χ0n) is 15.0. The molecule has 0 fully saturated rings. The number of aliphatic imine (C=N–C) groups is 1. The summed E-state index contributed by atoms with van der Waals surface area (Å²) in [5.41, 5.74) is 3.97. The second-order valence-corrected chi connectivity index (χ2v) is 6.79. The van der Waals surface area contributed by atoms with E-state index >= 15 is 0 Å². The van der Waals surface area contributed by atoms with Crippen LogP contribution in [0, 0.1) is 0 Å². The third-order valence-electron chi connectivity index (χ3n) is 4.12. The largest absolute Gasteiger partial charge is 0.354 e. The van der Waals surface area contributed by atoms with Crippen molar-refractivity contribution in [2.75, 3.05) is 27.7 Å². The van der Waals surface area contributed by atoms with Gasteiger partial charge in [-0.15, -0.1) is 0 Å². The van der Waals surface area contributed by atoms with Gasteiger partial charge in [0.25, 0.3) is 0 Å². The summed E-state index contributed by atoms with van der Waals surface area (Å²) in [5, 5.41) is 11.0. The van der Waals surface area contributed by atoms with Crippen LogP contribution in [-0.4, -0.2) is 38.5 Å². The van der Waals surface area contributed by atoms with Crippen molar-refractivity contribution in [3.8, 4) is 0 Å². The zero-order valence-corrected chi connectivity index (χ0v) is 15.9. The second kappa shape index (κ2) is 9.45. The molecule has 2 rings (SSSR count). The number of likely N-dealkylation sites (N-methyl/N-ethyl adjacent to an activating group) is 1. The molecule has 0 bridgehead atoms. The molecule has 0 aliphatic carbocycles. The van der Waals surface area contributed by atoms with Gasteiger partial charge < -0.3 is 15.5 Å². The Balaban J connectivity index is 1.93. The van der Waals surface area contributed by atoms with Gasteiger partial charge in [-0.1, -0.05) is 31.2 Å². The monoisotopic (exact) mass is 344 g/mol. The van der Waals surface area contributed by atoms with E-state index in [4.69, 9.17) is 0 Å². The quantitative estimate of drug-likeness (QED) is 0.598. The number of aryl methyl sites for hydroxylation is 1. The first-order chi connectivity index (χ1) is 11.6. The standard InChI is InChI=1S/C19H28N4S/c1-5-15-6-8-17(9-7-15)18(23(3)4)13-22-19(20-2)21-12-16-10-11-24-14-16/h6-11,14,18H,5,12-13H2,1-4H3,(H2,20,21,22). The van der Waals surface area contributed by atoms with Gasteiger partial charge in [-0.05, 0) is 54.0 Å². The molecular formula is C19H28N4S. The number of thiophene rings is 1. The topological polar surface area (TPSA) is 39.7 Å². The van der Waals surface area contributed by atoms with Crippen molar-refractivity contribution < 1.29 is 0 Å². The minimum Gasteiger partial charge on any atom is -0.354 e. The fourth-order valence-electron chi connectivity index (χ4n) is 2.57. The SMILES string of the molecule is CCc1ccc(C(CNC(=NC)NCc2ccsc2)N(C)C)cc1. The van der Waals surface area contributed by atoms with Gasteiger partial charge >= 0.3 is 0 Å². The third-order valence-corrected chi connectivity index (χ3v) is 4.85. The van der Waals surface area contributed by atoms with Gasteiger partial charge in [-0.25, -0.2) is 0 Å². The van der Waals surface area contributed by atoms with Crippen molar-refractivity contribution in [2.45, 2.75) is 25.9 Å². The lowest BCUT2D eigenvalue weighted by Crippen LogP contribution is -2.41. The summed E-state index contributed by atoms with van der Waals surface area (Å²) < 4.78 is 0. The van der Waals surface area contributed by atoms with E-state index in [1.54, 1.807) is 11.3 Å². The first-order valence-corrected chi connectivity index (χ1v) is 9.29. The van der Waals surface area contributed by atoms with Gasteiger partial charge in [-0.3, -0.25) is 4.99 Å². The Bertz CT molecular complexity index is 617. The lowest BCUT2D eigenvalue weighted by atomic mass is 10.0. The summed E-state index contributed by atoms with van der Waals surface area (Å²) >= 11 is 1.71. The summed E-state index contributed by atoms with van der Waals surface area (Å²) in [5.74, 6) is 0.832. The van der Waals surface area contributed by atoms with Crippen molar-refractivity contribution >= 4 is 17.3 Å². The van der Waals surface area contributed by atoms with E-state index in [1.807, 2.05) is 7.05 Å². The van der Waals surface area contributed by atoms with Crippen molar-refractivity contribution in [2.24, 2.45) is 4.99 Å². The van der Waals surface area contributed by atoms with Crippen LogP contribution in [0.1, 0.15) is 29.7 Å². The van der Waals surface area contributed by atoms with Gasteiger partial charge in [0, 0.05) is 20.1 Å². The molecule has 24 heavy (non-hydrogen) atoms. The van der Waals surface area contributed by atoms with E-state index in [2.05, 4.69) is 82.6 Å². The maximum absolute atomic E-state index is 4.32. The van der Waals surface area contributed by atoms with Crippen LogP contribution in [0.4, 0.5) is 0 Å². The number of hydrogen-bond acceptors (Lipinski definition) is 3. The molecule has 2 N–H and O–H groups in total. The van der Waals surface area contributed by atoms with E-state index in [-0.39, 0.29) is 0 Å². The minimum atomic E-state index is 0.301. The van der Waals surface area contributed by atoms with Gasteiger partial charge in [-0.2, -0.15) is 11.3 Å². The summed E-state index contributed by atoms with van der Waals surface area (Å²) in [6.45, 7) is 3.78. The molecule has 1 heterocycles. The van der Waals surface area contributed by atoms with E-state index in [0.717, 1.165) is 25.5 Å². The zero-order chi connectivity index (χ0) is 17.4. The highest BCUT2D eigenvalue weighted by Crippen LogP contribution is 2.18. The molecule has 2 aromatic rings. The highest BCUT2D eigenvalue weighted by Gasteiger charge is 2.14. The molecule has 0 spiro atoms. The van der Waals surface area contributed by atoms with Crippen LogP contribution in [0.2, 0.25) is 0 Å². The summed E-state index contributed by atoms with van der Waals surface area (Å²) in [4.78, 5) is 6.56. The second-order valence-electron chi connectivity index (χ2n) is 6.01. The number of benzene rings is 1. The fourth-order valence-corrected chi connectivity index (χ4v) is 3.24. The van der Waals surface area contributed by atoms with E-state index in [0.29, 0.717) is 6.04 Å². The number of nitrogens with zero attached hydrogens (tertiary/aromatic N) is 2. The number of rotatable bonds is 7.